The number of carbonyl (C=O) groups is 2. The van der Waals surface area contributed by atoms with E-state index < -0.39 is 17.7 Å². The van der Waals surface area contributed by atoms with Crippen LogP contribution in [0.4, 0.5) is 5.13 Å². The molecule has 7 rings (SSSR count). The van der Waals surface area contributed by atoms with Crippen LogP contribution in [0.5, 0.6) is 5.75 Å². The molecule has 1 N–H and O–H groups in total. The molecule has 6 aromatic rings. The number of aliphatic hydroxyl groups is 1. The summed E-state index contributed by atoms with van der Waals surface area (Å²) < 4.78 is 8.46. The zero-order chi connectivity index (χ0) is 31.6. The smallest absolute Gasteiger partial charge is 0.301 e. The van der Waals surface area contributed by atoms with Crippen LogP contribution in [0.15, 0.2) is 119 Å². The third-order valence-electron chi connectivity index (χ3n) is 7.60. The van der Waals surface area contributed by atoms with Crippen LogP contribution in [0.25, 0.3) is 11.4 Å². The summed E-state index contributed by atoms with van der Waals surface area (Å²) in [6.45, 7) is 2.09. The van der Waals surface area contributed by atoms with E-state index in [1.54, 1.807) is 35.7 Å². The average molecular weight is 646 g/mol. The molecule has 1 fully saturated rings. The van der Waals surface area contributed by atoms with Crippen molar-refractivity contribution in [3.8, 4) is 5.75 Å². The number of anilines is 1. The van der Waals surface area contributed by atoms with E-state index in [0.29, 0.717) is 45.0 Å². The van der Waals surface area contributed by atoms with Crippen molar-refractivity contribution < 1.29 is 19.4 Å². The van der Waals surface area contributed by atoms with Gasteiger partial charge in [-0.25, -0.2) is 4.98 Å². The van der Waals surface area contributed by atoms with Gasteiger partial charge in [0.05, 0.1) is 17.3 Å². The van der Waals surface area contributed by atoms with Crippen molar-refractivity contribution in [1.82, 2.24) is 19.6 Å². The Hall–Kier alpha value is -5.26. The molecule has 1 saturated heterocycles. The quantitative estimate of drug-likeness (QED) is 0.0589. The van der Waals surface area contributed by atoms with E-state index in [0.717, 1.165) is 11.1 Å². The number of imidazole rings is 1. The Morgan fingerprint density at radius 3 is 2.43 bits per heavy atom. The van der Waals surface area contributed by atoms with Crippen molar-refractivity contribution in [2.45, 2.75) is 29.7 Å². The van der Waals surface area contributed by atoms with Gasteiger partial charge < -0.3 is 9.84 Å². The molecule has 1 unspecified atom stereocenters. The van der Waals surface area contributed by atoms with Gasteiger partial charge in [0, 0.05) is 11.9 Å². The van der Waals surface area contributed by atoms with Crippen LogP contribution in [0.2, 0.25) is 0 Å². The number of rotatable bonds is 9. The molecular formula is C35H27N5O4S2. The summed E-state index contributed by atoms with van der Waals surface area (Å²) in [5.41, 5.74) is 4.10. The van der Waals surface area contributed by atoms with Gasteiger partial charge in [-0.2, -0.15) is 0 Å². The zero-order valence-electron chi connectivity index (χ0n) is 24.6. The largest absolute Gasteiger partial charge is 0.505 e. The number of pyridine rings is 1. The number of thioether (sulfide) groups is 1. The Morgan fingerprint density at radius 1 is 0.913 bits per heavy atom. The molecule has 0 bridgehead atoms. The first-order valence-electron chi connectivity index (χ1n) is 14.5. The van der Waals surface area contributed by atoms with Crippen molar-refractivity contribution in [3.63, 3.8) is 0 Å². The number of hydrogen-bond acceptors (Lipinski definition) is 9. The first-order chi connectivity index (χ1) is 22.5. The van der Waals surface area contributed by atoms with Crippen molar-refractivity contribution in [3.05, 3.63) is 143 Å². The van der Waals surface area contributed by atoms with Gasteiger partial charge >= 0.3 is 5.91 Å². The molecule has 11 heteroatoms. The summed E-state index contributed by atoms with van der Waals surface area (Å²) in [7, 11) is 0. The van der Waals surface area contributed by atoms with Gasteiger partial charge in [0.1, 0.15) is 23.7 Å². The monoisotopic (exact) mass is 645 g/mol. The second-order valence-corrected chi connectivity index (χ2v) is 12.8. The van der Waals surface area contributed by atoms with Gasteiger partial charge in [0.2, 0.25) is 5.13 Å². The molecule has 0 radical (unpaired) electrons. The number of aromatic nitrogens is 4. The molecule has 4 heterocycles. The van der Waals surface area contributed by atoms with Crippen LogP contribution in [-0.2, 0) is 21.9 Å². The Balaban J connectivity index is 1.30. The number of carbonyl (C=O) groups excluding carboxylic acids is 2. The highest BCUT2D eigenvalue weighted by molar-refractivity contribution is 8.00. The van der Waals surface area contributed by atoms with E-state index >= 15 is 0 Å². The average Bonchev–Trinajstić information content (AvgIpc) is 3.77. The number of aliphatic hydroxyl groups excluding tert-OH is 1. The lowest BCUT2D eigenvalue weighted by Gasteiger charge is -2.23. The summed E-state index contributed by atoms with van der Waals surface area (Å²) in [4.78, 5) is 33.6. The minimum Gasteiger partial charge on any atom is -0.505 e. The first-order valence-corrected chi connectivity index (χ1v) is 16.3. The molecule has 3 aromatic carbocycles. The number of ketones is 1. The van der Waals surface area contributed by atoms with Gasteiger partial charge in [-0.05, 0) is 47.9 Å². The third kappa shape index (κ3) is 5.66. The third-order valence-corrected chi connectivity index (χ3v) is 9.73. The fourth-order valence-electron chi connectivity index (χ4n) is 5.46. The van der Waals surface area contributed by atoms with Crippen LogP contribution in [0.1, 0.15) is 34.1 Å². The molecular weight excluding hydrogens is 619 g/mol. The summed E-state index contributed by atoms with van der Waals surface area (Å²) in [5, 5.41) is 20.8. The minimum atomic E-state index is -0.992. The molecule has 1 aliphatic heterocycles. The molecule has 228 valence electrons. The number of ether oxygens (including phenoxy) is 1. The number of benzene rings is 3. The van der Waals surface area contributed by atoms with Crippen molar-refractivity contribution in [1.29, 1.82) is 0 Å². The molecule has 0 saturated carbocycles. The summed E-state index contributed by atoms with van der Waals surface area (Å²) >= 11 is 2.72. The van der Waals surface area contributed by atoms with E-state index in [-0.39, 0.29) is 16.5 Å². The number of hydrogen-bond donors (Lipinski definition) is 1. The predicted molar refractivity (Wildman–Crippen MR) is 178 cm³/mol. The molecule has 0 aliphatic carbocycles. The van der Waals surface area contributed by atoms with Gasteiger partial charge in [-0.15, -0.1) is 10.2 Å². The maximum atomic E-state index is 13.9. The van der Waals surface area contributed by atoms with Gasteiger partial charge in [0.15, 0.2) is 10.1 Å². The SMILES string of the molecule is Cc1nc2ccccn2c1/C(O)=C1\C(=O)C(=O)N(c2nnc(SCc3ccccc3)s2)C1c1cccc(OCc2ccccc2)c1. The molecule has 46 heavy (non-hydrogen) atoms. The lowest BCUT2D eigenvalue weighted by atomic mass is 9.96. The van der Waals surface area contributed by atoms with Gasteiger partial charge in [-0.1, -0.05) is 102 Å². The van der Waals surface area contributed by atoms with Crippen LogP contribution in [-0.4, -0.2) is 36.4 Å². The van der Waals surface area contributed by atoms with Crippen LogP contribution >= 0.6 is 23.1 Å². The van der Waals surface area contributed by atoms with E-state index in [2.05, 4.69) is 15.2 Å². The maximum absolute atomic E-state index is 13.9. The number of fused-ring (bicyclic) bond motifs is 1. The lowest BCUT2D eigenvalue weighted by molar-refractivity contribution is -0.132. The van der Waals surface area contributed by atoms with Crippen LogP contribution in [0.3, 0.4) is 0 Å². The van der Waals surface area contributed by atoms with Crippen molar-refractivity contribution in [2.75, 3.05) is 4.90 Å². The fourth-order valence-corrected chi connectivity index (χ4v) is 7.29. The molecule has 1 atom stereocenters. The molecule has 1 amide bonds. The lowest BCUT2D eigenvalue weighted by Crippen LogP contribution is -2.29. The zero-order valence-corrected chi connectivity index (χ0v) is 26.2. The van der Waals surface area contributed by atoms with Crippen molar-refractivity contribution >= 4 is 51.3 Å². The summed E-state index contributed by atoms with van der Waals surface area (Å²) in [5.74, 6) is -0.719. The highest BCUT2D eigenvalue weighted by Gasteiger charge is 2.49. The molecule has 0 spiro atoms. The predicted octanol–water partition coefficient (Wildman–Crippen LogP) is 6.99. The molecule has 9 nitrogen and oxygen atoms in total. The number of amides is 1. The Kier molecular flexibility index (Phi) is 8.08. The highest BCUT2D eigenvalue weighted by Crippen LogP contribution is 2.45. The Bertz CT molecular complexity index is 2090. The second kappa shape index (κ2) is 12.6. The summed E-state index contributed by atoms with van der Waals surface area (Å²) in [6.07, 6.45) is 1.76. The fraction of sp³-hybridized carbons (Fsp3) is 0.114. The van der Waals surface area contributed by atoms with E-state index in [1.165, 1.54) is 28.0 Å². The topological polar surface area (TPSA) is 110 Å². The van der Waals surface area contributed by atoms with Gasteiger partial charge in [-0.3, -0.25) is 18.9 Å². The number of nitrogens with zero attached hydrogens (tertiary/aromatic N) is 5. The Labute approximate surface area is 272 Å². The number of Topliss-reactive ketones (excluding diaryl/α,β-unsaturated/α-hetero) is 1. The first kappa shape index (κ1) is 29.5. The van der Waals surface area contributed by atoms with E-state index in [1.807, 2.05) is 84.9 Å². The maximum Gasteiger partial charge on any atom is 0.301 e. The Morgan fingerprint density at radius 2 is 1.65 bits per heavy atom. The van der Waals surface area contributed by atoms with Crippen LogP contribution < -0.4 is 9.64 Å². The van der Waals surface area contributed by atoms with E-state index in [4.69, 9.17) is 4.74 Å². The molecule has 3 aromatic heterocycles. The van der Waals surface area contributed by atoms with Crippen LogP contribution in [0, 0.1) is 6.92 Å². The van der Waals surface area contributed by atoms with Crippen molar-refractivity contribution in [2.24, 2.45) is 0 Å². The number of aryl methyl sites for hydroxylation is 1. The van der Waals surface area contributed by atoms with E-state index in [9.17, 15) is 14.7 Å². The normalized spacial score (nSPS) is 15.9. The molecule has 1 aliphatic rings. The second-order valence-electron chi connectivity index (χ2n) is 10.6. The standard InChI is InChI=1S/C35H27N5O4S2/c1-22-29(39-18-9-8-17-27(39)36-22)31(41)28-30(25-15-10-16-26(19-25)44-20-23-11-4-2-5-12-23)40(33(43)32(28)42)34-37-38-35(46-34)45-21-24-13-6-3-7-14-24/h2-19,30,41H,20-21H2,1H3/b31-28+. The minimum absolute atomic E-state index is 0.0624. The van der Waals surface area contributed by atoms with Gasteiger partial charge in [0.25, 0.3) is 5.78 Å². The highest BCUT2D eigenvalue weighted by atomic mass is 32.2. The summed E-state index contributed by atoms with van der Waals surface area (Å²) in [6, 6.07) is 31.4.